The zero-order valence-electron chi connectivity index (χ0n) is 11.2. The van der Waals surface area contributed by atoms with Crippen LogP contribution in [0.5, 0.6) is 0 Å². The highest BCUT2D eigenvalue weighted by Gasteiger charge is 2.11. The van der Waals surface area contributed by atoms with Gasteiger partial charge in [-0.3, -0.25) is 0 Å². The van der Waals surface area contributed by atoms with Crippen molar-refractivity contribution in [2.75, 3.05) is 26.7 Å². The summed E-state index contributed by atoms with van der Waals surface area (Å²) in [5, 5.41) is 3.24. The highest BCUT2D eigenvalue weighted by atomic mass is 15.1. The molecule has 0 radical (unpaired) electrons. The summed E-state index contributed by atoms with van der Waals surface area (Å²) in [5.74, 6) is 0. The van der Waals surface area contributed by atoms with E-state index >= 15 is 0 Å². The van der Waals surface area contributed by atoms with Gasteiger partial charge in [-0.1, -0.05) is 26.7 Å². The molecule has 1 N–H and O–H groups in total. The van der Waals surface area contributed by atoms with Crippen LogP contribution in [0.3, 0.4) is 0 Å². The van der Waals surface area contributed by atoms with Crippen molar-refractivity contribution in [3.8, 4) is 0 Å². The molecule has 0 aliphatic rings. The Bertz CT molecular complexity index is 118. The molecule has 0 rings (SSSR count). The fraction of sp³-hybridized carbons (Fsp3) is 1.00. The van der Waals surface area contributed by atoms with Gasteiger partial charge < -0.3 is 10.2 Å². The third-order valence-electron chi connectivity index (χ3n) is 3.03. The molecule has 1 unspecified atom stereocenters. The molecule has 15 heavy (non-hydrogen) atoms. The molecule has 0 aromatic carbocycles. The van der Waals surface area contributed by atoms with E-state index in [0.717, 1.165) is 12.6 Å². The molecule has 0 fully saturated rings. The first kappa shape index (κ1) is 14.9. The van der Waals surface area contributed by atoms with Gasteiger partial charge >= 0.3 is 0 Å². The molecule has 0 spiro atoms. The normalized spacial score (nSPS) is 13.4. The first-order valence-electron chi connectivity index (χ1n) is 6.64. The van der Waals surface area contributed by atoms with E-state index in [2.05, 4.69) is 31.0 Å². The van der Waals surface area contributed by atoms with Crippen LogP contribution in [0.1, 0.15) is 52.9 Å². The summed E-state index contributed by atoms with van der Waals surface area (Å²) in [6, 6.07) is 0.732. The zero-order chi connectivity index (χ0) is 11.5. The summed E-state index contributed by atoms with van der Waals surface area (Å²) < 4.78 is 0. The Morgan fingerprint density at radius 1 is 1.07 bits per heavy atom. The second-order valence-corrected chi connectivity index (χ2v) is 4.48. The molecule has 92 valence electrons. The predicted octanol–water partition coefficient (Wildman–Crippen LogP) is 2.89. The van der Waals surface area contributed by atoms with Crippen molar-refractivity contribution in [3.63, 3.8) is 0 Å². The largest absolute Gasteiger partial charge is 0.320 e. The minimum absolute atomic E-state index is 0.732. The highest BCUT2D eigenvalue weighted by Crippen LogP contribution is 2.07. The number of rotatable bonds is 10. The first-order chi connectivity index (χ1) is 7.26. The van der Waals surface area contributed by atoms with E-state index in [1.54, 1.807) is 0 Å². The maximum absolute atomic E-state index is 3.24. The van der Waals surface area contributed by atoms with E-state index in [1.807, 2.05) is 7.05 Å². The maximum atomic E-state index is 3.24. The van der Waals surface area contributed by atoms with Crippen LogP contribution in [0.4, 0.5) is 0 Å². The second-order valence-electron chi connectivity index (χ2n) is 4.48. The minimum Gasteiger partial charge on any atom is -0.320 e. The topological polar surface area (TPSA) is 15.3 Å². The van der Waals surface area contributed by atoms with Crippen LogP contribution in [0.15, 0.2) is 0 Å². The van der Waals surface area contributed by atoms with E-state index < -0.39 is 0 Å². The Hall–Kier alpha value is -0.0800. The quantitative estimate of drug-likeness (QED) is 0.601. The molecular formula is C13H30N2. The third kappa shape index (κ3) is 7.80. The van der Waals surface area contributed by atoms with Crippen molar-refractivity contribution in [3.05, 3.63) is 0 Å². The van der Waals surface area contributed by atoms with E-state index in [-0.39, 0.29) is 0 Å². The molecule has 2 heteroatoms. The molecule has 0 aliphatic carbocycles. The SMILES string of the molecule is CCCCN(CCCC)C(C)CCNC. The summed E-state index contributed by atoms with van der Waals surface area (Å²) in [6.07, 6.45) is 6.56. The van der Waals surface area contributed by atoms with Crippen molar-refractivity contribution >= 4 is 0 Å². The van der Waals surface area contributed by atoms with Gasteiger partial charge in [0.2, 0.25) is 0 Å². The van der Waals surface area contributed by atoms with Crippen molar-refractivity contribution < 1.29 is 0 Å². The standard InChI is InChI=1S/C13H30N2/c1-5-7-11-15(12-8-6-2)13(3)9-10-14-4/h13-14H,5-12H2,1-4H3. The van der Waals surface area contributed by atoms with Crippen molar-refractivity contribution in [1.82, 2.24) is 10.2 Å². The molecule has 0 bridgehead atoms. The summed E-state index contributed by atoms with van der Waals surface area (Å²) in [7, 11) is 2.04. The van der Waals surface area contributed by atoms with Gasteiger partial charge in [0.1, 0.15) is 0 Å². The Morgan fingerprint density at radius 2 is 1.60 bits per heavy atom. The number of hydrogen-bond acceptors (Lipinski definition) is 2. The average Bonchev–Trinajstić information content (AvgIpc) is 2.26. The lowest BCUT2D eigenvalue weighted by Crippen LogP contribution is -2.36. The van der Waals surface area contributed by atoms with Gasteiger partial charge in [0.05, 0.1) is 0 Å². The zero-order valence-corrected chi connectivity index (χ0v) is 11.2. The third-order valence-corrected chi connectivity index (χ3v) is 3.03. The summed E-state index contributed by atoms with van der Waals surface area (Å²) >= 11 is 0. The Labute approximate surface area is 96.4 Å². The van der Waals surface area contributed by atoms with Gasteiger partial charge in [-0.05, 0) is 52.9 Å². The first-order valence-corrected chi connectivity index (χ1v) is 6.64. The molecule has 0 heterocycles. The molecule has 0 aromatic heterocycles. The Kier molecular flexibility index (Phi) is 10.4. The number of nitrogens with zero attached hydrogens (tertiary/aromatic N) is 1. The lowest BCUT2D eigenvalue weighted by Gasteiger charge is -2.29. The number of nitrogens with one attached hydrogen (secondary N) is 1. The van der Waals surface area contributed by atoms with Crippen molar-refractivity contribution in [2.45, 2.75) is 58.9 Å². The number of unbranched alkanes of at least 4 members (excludes halogenated alkanes) is 2. The fourth-order valence-corrected chi connectivity index (χ4v) is 1.81. The molecule has 0 saturated heterocycles. The van der Waals surface area contributed by atoms with E-state index in [0.29, 0.717) is 0 Å². The summed E-state index contributed by atoms with van der Waals surface area (Å²) in [5.41, 5.74) is 0. The van der Waals surface area contributed by atoms with Crippen LogP contribution < -0.4 is 5.32 Å². The van der Waals surface area contributed by atoms with Crippen molar-refractivity contribution in [1.29, 1.82) is 0 Å². The second kappa shape index (κ2) is 10.4. The van der Waals surface area contributed by atoms with E-state index in [9.17, 15) is 0 Å². The minimum atomic E-state index is 0.732. The number of hydrogen-bond donors (Lipinski definition) is 1. The van der Waals surface area contributed by atoms with Gasteiger partial charge in [0, 0.05) is 6.04 Å². The van der Waals surface area contributed by atoms with E-state index in [1.165, 1.54) is 45.2 Å². The lowest BCUT2D eigenvalue weighted by atomic mass is 10.1. The van der Waals surface area contributed by atoms with Crippen LogP contribution in [0.25, 0.3) is 0 Å². The van der Waals surface area contributed by atoms with Crippen molar-refractivity contribution in [2.24, 2.45) is 0 Å². The van der Waals surface area contributed by atoms with E-state index in [4.69, 9.17) is 0 Å². The van der Waals surface area contributed by atoms with Crippen LogP contribution >= 0.6 is 0 Å². The maximum Gasteiger partial charge on any atom is 0.00790 e. The molecule has 0 amide bonds. The monoisotopic (exact) mass is 214 g/mol. The van der Waals surface area contributed by atoms with Crippen LogP contribution in [-0.4, -0.2) is 37.6 Å². The molecule has 0 aliphatic heterocycles. The summed E-state index contributed by atoms with van der Waals surface area (Å²) in [4.78, 5) is 2.66. The average molecular weight is 214 g/mol. The molecule has 1 atom stereocenters. The van der Waals surface area contributed by atoms with Crippen LogP contribution in [0, 0.1) is 0 Å². The Morgan fingerprint density at radius 3 is 2.00 bits per heavy atom. The smallest absolute Gasteiger partial charge is 0.00790 e. The molecule has 0 saturated carbocycles. The summed E-state index contributed by atoms with van der Waals surface area (Å²) in [6.45, 7) is 10.6. The van der Waals surface area contributed by atoms with Gasteiger partial charge in [0.25, 0.3) is 0 Å². The van der Waals surface area contributed by atoms with Gasteiger partial charge in [-0.25, -0.2) is 0 Å². The fourth-order valence-electron chi connectivity index (χ4n) is 1.81. The van der Waals surface area contributed by atoms with Gasteiger partial charge in [0.15, 0.2) is 0 Å². The highest BCUT2D eigenvalue weighted by molar-refractivity contribution is 4.68. The van der Waals surface area contributed by atoms with Gasteiger partial charge in [-0.2, -0.15) is 0 Å². The lowest BCUT2D eigenvalue weighted by molar-refractivity contribution is 0.193. The Balaban J connectivity index is 3.84. The molecular weight excluding hydrogens is 184 g/mol. The predicted molar refractivity (Wildman–Crippen MR) is 69.4 cm³/mol. The molecule has 2 nitrogen and oxygen atoms in total. The van der Waals surface area contributed by atoms with Crippen LogP contribution in [-0.2, 0) is 0 Å². The van der Waals surface area contributed by atoms with Gasteiger partial charge in [-0.15, -0.1) is 0 Å². The van der Waals surface area contributed by atoms with Crippen LogP contribution in [0.2, 0.25) is 0 Å². The molecule has 0 aromatic rings.